The maximum atomic E-state index is 12.7. The molecule has 1 saturated heterocycles. The summed E-state index contributed by atoms with van der Waals surface area (Å²) in [7, 11) is 0. The monoisotopic (exact) mass is 472 g/mol. The lowest BCUT2D eigenvalue weighted by Crippen LogP contribution is -2.49. The van der Waals surface area contributed by atoms with Gasteiger partial charge in [-0.3, -0.25) is 14.2 Å². The molecule has 4 rings (SSSR count). The van der Waals surface area contributed by atoms with Crippen LogP contribution in [0.2, 0.25) is 0 Å². The third-order valence-corrected chi connectivity index (χ3v) is 6.56. The SMILES string of the molecule is C[C@@H](CC(=O)N1CCC(O)(Cn2cnn3c(Br)ccc3c2=O)CC1)c1ccccc1. The Morgan fingerprint density at radius 1 is 1.20 bits per heavy atom. The van der Waals surface area contributed by atoms with Gasteiger partial charge in [0.1, 0.15) is 16.4 Å². The minimum atomic E-state index is -1.03. The van der Waals surface area contributed by atoms with Crippen LogP contribution in [-0.2, 0) is 11.3 Å². The molecule has 0 saturated carbocycles. The quantitative estimate of drug-likeness (QED) is 0.618. The summed E-state index contributed by atoms with van der Waals surface area (Å²) in [6.45, 7) is 3.19. The van der Waals surface area contributed by atoms with Gasteiger partial charge in [-0.2, -0.15) is 5.10 Å². The van der Waals surface area contributed by atoms with Gasteiger partial charge < -0.3 is 10.0 Å². The van der Waals surface area contributed by atoms with E-state index in [4.69, 9.17) is 0 Å². The molecule has 0 unspecified atom stereocenters. The smallest absolute Gasteiger partial charge is 0.277 e. The lowest BCUT2D eigenvalue weighted by Gasteiger charge is -2.38. The van der Waals surface area contributed by atoms with Gasteiger partial charge >= 0.3 is 0 Å². The number of aromatic nitrogens is 3. The highest BCUT2D eigenvalue weighted by molar-refractivity contribution is 9.10. The second kappa shape index (κ2) is 8.35. The van der Waals surface area contributed by atoms with Gasteiger partial charge in [-0.25, -0.2) is 4.52 Å². The van der Waals surface area contributed by atoms with Crippen molar-refractivity contribution in [2.75, 3.05) is 13.1 Å². The van der Waals surface area contributed by atoms with Gasteiger partial charge in [-0.05, 0) is 52.4 Å². The number of hydrogen-bond donors (Lipinski definition) is 1. The minimum Gasteiger partial charge on any atom is -0.388 e. The summed E-state index contributed by atoms with van der Waals surface area (Å²) in [4.78, 5) is 27.2. The van der Waals surface area contributed by atoms with Crippen molar-refractivity contribution in [1.82, 2.24) is 19.1 Å². The molecule has 3 aromatic rings. The summed E-state index contributed by atoms with van der Waals surface area (Å²) in [6, 6.07) is 13.5. The van der Waals surface area contributed by atoms with E-state index in [9.17, 15) is 14.7 Å². The van der Waals surface area contributed by atoms with Crippen molar-refractivity contribution >= 4 is 27.4 Å². The van der Waals surface area contributed by atoms with Crippen molar-refractivity contribution in [3.63, 3.8) is 0 Å². The Bertz CT molecular complexity index is 1100. The Labute approximate surface area is 183 Å². The van der Waals surface area contributed by atoms with Crippen LogP contribution in [0.25, 0.3) is 5.52 Å². The zero-order valence-electron chi connectivity index (χ0n) is 16.9. The maximum Gasteiger partial charge on any atom is 0.277 e. The molecule has 7 nitrogen and oxygen atoms in total. The van der Waals surface area contributed by atoms with E-state index >= 15 is 0 Å². The summed E-state index contributed by atoms with van der Waals surface area (Å²) in [5.41, 5.74) is 0.378. The number of rotatable bonds is 5. The Kier molecular flexibility index (Phi) is 5.79. The van der Waals surface area contributed by atoms with E-state index in [2.05, 4.69) is 28.0 Å². The van der Waals surface area contributed by atoms with Crippen LogP contribution in [0.5, 0.6) is 0 Å². The van der Waals surface area contributed by atoms with Crippen LogP contribution < -0.4 is 5.56 Å². The van der Waals surface area contributed by atoms with Crippen LogP contribution in [0.1, 0.15) is 37.7 Å². The predicted molar refractivity (Wildman–Crippen MR) is 117 cm³/mol. The molecule has 30 heavy (non-hydrogen) atoms. The molecule has 0 bridgehead atoms. The lowest BCUT2D eigenvalue weighted by atomic mass is 9.90. The highest BCUT2D eigenvalue weighted by atomic mass is 79.9. The van der Waals surface area contributed by atoms with Crippen molar-refractivity contribution in [2.45, 2.75) is 44.2 Å². The maximum absolute atomic E-state index is 12.7. The summed E-state index contributed by atoms with van der Waals surface area (Å²) in [6.07, 6.45) is 2.77. The van der Waals surface area contributed by atoms with E-state index in [-0.39, 0.29) is 23.9 Å². The first kappa shape index (κ1) is 20.8. The number of benzene rings is 1. The fourth-order valence-electron chi connectivity index (χ4n) is 4.05. The highest BCUT2D eigenvalue weighted by Gasteiger charge is 2.35. The average Bonchev–Trinajstić information content (AvgIpc) is 3.12. The molecule has 1 amide bonds. The van der Waals surface area contributed by atoms with E-state index in [0.717, 1.165) is 5.56 Å². The number of likely N-dealkylation sites (tertiary alicyclic amines) is 1. The number of aliphatic hydroxyl groups is 1. The molecule has 1 aromatic carbocycles. The van der Waals surface area contributed by atoms with Crippen LogP contribution in [-0.4, -0.2) is 48.8 Å². The molecular weight excluding hydrogens is 448 g/mol. The second-order valence-electron chi connectivity index (χ2n) is 8.14. The summed E-state index contributed by atoms with van der Waals surface area (Å²) < 4.78 is 3.69. The molecule has 0 radical (unpaired) electrons. The number of carbonyl (C=O) groups is 1. The van der Waals surface area contributed by atoms with E-state index in [1.807, 2.05) is 35.2 Å². The molecule has 1 aliphatic heterocycles. The van der Waals surface area contributed by atoms with E-state index in [1.54, 1.807) is 12.1 Å². The van der Waals surface area contributed by atoms with Gasteiger partial charge in [0, 0.05) is 19.5 Å². The molecule has 0 spiro atoms. The molecule has 158 valence electrons. The number of fused-ring (bicyclic) bond motifs is 1. The summed E-state index contributed by atoms with van der Waals surface area (Å²) in [5, 5.41) is 15.3. The summed E-state index contributed by atoms with van der Waals surface area (Å²) >= 11 is 3.35. The van der Waals surface area contributed by atoms with Crippen LogP contribution in [0, 0.1) is 0 Å². The first-order valence-electron chi connectivity index (χ1n) is 10.1. The van der Waals surface area contributed by atoms with Crippen molar-refractivity contribution in [3.8, 4) is 0 Å². The van der Waals surface area contributed by atoms with Gasteiger partial charge in [0.25, 0.3) is 5.56 Å². The fourth-order valence-corrected chi connectivity index (χ4v) is 4.46. The Morgan fingerprint density at radius 3 is 2.60 bits per heavy atom. The van der Waals surface area contributed by atoms with Crippen molar-refractivity contribution in [2.24, 2.45) is 0 Å². The molecule has 8 heteroatoms. The zero-order chi connectivity index (χ0) is 21.3. The first-order chi connectivity index (χ1) is 14.4. The van der Waals surface area contributed by atoms with Gasteiger partial charge in [0.15, 0.2) is 0 Å². The zero-order valence-corrected chi connectivity index (χ0v) is 18.5. The second-order valence-corrected chi connectivity index (χ2v) is 8.95. The predicted octanol–water partition coefficient (Wildman–Crippen LogP) is 2.81. The summed E-state index contributed by atoms with van der Waals surface area (Å²) in [5.74, 6) is 0.254. The van der Waals surface area contributed by atoms with Crippen LogP contribution >= 0.6 is 15.9 Å². The first-order valence-corrected chi connectivity index (χ1v) is 10.9. The normalized spacial score (nSPS) is 17.2. The number of carbonyl (C=O) groups excluding carboxylic acids is 1. The standard InChI is InChI=1S/C22H25BrN4O3/c1-16(17-5-3-2-4-6-17)13-20(28)25-11-9-22(30,10-12-25)14-26-15-24-27-18(21(26)29)7-8-19(27)23/h2-8,15-16,30H,9-14H2,1H3/t16-/m0/s1. The Morgan fingerprint density at radius 2 is 1.90 bits per heavy atom. The number of hydrogen-bond acceptors (Lipinski definition) is 4. The van der Waals surface area contributed by atoms with Crippen molar-refractivity contribution in [1.29, 1.82) is 0 Å². The van der Waals surface area contributed by atoms with Crippen LogP contribution in [0.3, 0.4) is 0 Å². The van der Waals surface area contributed by atoms with Crippen LogP contribution in [0.15, 0.2) is 58.2 Å². The lowest BCUT2D eigenvalue weighted by molar-refractivity contribution is -0.136. The van der Waals surface area contributed by atoms with E-state index in [1.165, 1.54) is 15.4 Å². The Hall–Kier alpha value is -2.45. The molecule has 1 N–H and O–H groups in total. The van der Waals surface area contributed by atoms with Crippen molar-refractivity contribution in [3.05, 3.63) is 69.3 Å². The number of amides is 1. The molecule has 1 atom stereocenters. The minimum absolute atomic E-state index is 0.103. The van der Waals surface area contributed by atoms with Crippen LogP contribution in [0.4, 0.5) is 0 Å². The van der Waals surface area contributed by atoms with Gasteiger partial charge in [0.2, 0.25) is 5.91 Å². The largest absolute Gasteiger partial charge is 0.388 e. The number of piperidine rings is 1. The Balaban J connectivity index is 1.38. The van der Waals surface area contributed by atoms with Gasteiger partial charge in [0.05, 0.1) is 12.1 Å². The highest BCUT2D eigenvalue weighted by Crippen LogP contribution is 2.26. The molecule has 1 aliphatic rings. The third-order valence-electron chi connectivity index (χ3n) is 5.96. The molecule has 2 aromatic heterocycles. The average molecular weight is 473 g/mol. The molecule has 3 heterocycles. The van der Waals surface area contributed by atoms with Gasteiger partial charge in [-0.1, -0.05) is 37.3 Å². The number of nitrogens with zero attached hydrogens (tertiary/aromatic N) is 4. The van der Waals surface area contributed by atoms with E-state index < -0.39 is 5.60 Å². The molecule has 0 aliphatic carbocycles. The topological polar surface area (TPSA) is 79.8 Å². The third kappa shape index (κ3) is 4.20. The molecule has 1 fully saturated rings. The van der Waals surface area contributed by atoms with Gasteiger partial charge in [-0.15, -0.1) is 0 Å². The van der Waals surface area contributed by atoms with E-state index in [0.29, 0.717) is 42.5 Å². The van der Waals surface area contributed by atoms with Crippen molar-refractivity contribution < 1.29 is 9.90 Å². The molecular formula is C22H25BrN4O3. The number of halogens is 1. The fraction of sp³-hybridized carbons (Fsp3) is 0.409.